The third-order valence-electron chi connectivity index (χ3n) is 4.20. The number of nitrogens with zero attached hydrogens (tertiary/aromatic N) is 1. The maximum absolute atomic E-state index is 13.8. The topological polar surface area (TPSA) is 24.5 Å². The molecular weight excluding hydrogens is 487 g/mol. The molecule has 0 aromatic heterocycles. The second-order valence-corrected chi connectivity index (χ2v) is 6.83. The van der Waals surface area contributed by atoms with Crippen LogP contribution in [0.2, 0.25) is 0 Å². The lowest BCUT2D eigenvalue weighted by molar-refractivity contribution is -0.274. The van der Waals surface area contributed by atoms with E-state index in [1.54, 1.807) is 18.2 Å². The van der Waals surface area contributed by atoms with E-state index >= 15 is 0 Å². The van der Waals surface area contributed by atoms with Gasteiger partial charge in [-0.05, 0) is 41.5 Å². The zero-order valence-electron chi connectivity index (χ0n) is 14.5. The van der Waals surface area contributed by atoms with E-state index in [1.807, 2.05) is 0 Å². The molecule has 1 aliphatic rings. The normalized spacial score (nSPS) is 15.9. The Hall–Kier alpha value is -1.06. The zero-order chi connectivity index (χ0) is 18.7. The fourth-order valence-electron chi connectivity index (χ4n) is 3.10. The van der Waals surface area contributed by atoms with Crippen molar-refractivity contribution in [2.24, 2.45) is 0 Å². The molecule has 1 N–H and O–H groups in total. The van der Waals surface area contributed by atoms with E-state index in [2.05, 4.69) is 30.9 Å². The van der Waals surface area contributed by atoms with Gasteiger partial charge in [-0.1, -0.05) is 28.1 Å². The van der Waals surface area contributed by atoms with Gasteiger partial charge in [0.2, 0.25) is 0 Å². The number of piperazine rings is 1. The molecule has 156 valence electrons. The van der Waals surface area contributed by atoms with Crippen molar-refractivity contribution >= 4 is 40.7 Å². The van der Waals surface area contributed by atoms with Crippen molar-refractivity contribution in [2.75, 3.05) is 26.2 Å². The molecule has 0 bridgehead atoms. The number of hydrogen-bond acceptors (Lipinski definition) is 3. The van der Waals surface area contributed by atoms with Crippen LogP contribution in [0.3, 0.4) is 0 Å². The summed E-state index contributed by atoms with van der Waals surface area (Å²) in [5, 5.41) is 3.26. The second-order valence-electron chi connectivity index (χ2n) is 5.97. The van der Waals surface area contributed by atoms with Crippen LogP contribution in [-0.2, 0) is 0 Å². The largest absolute Gasteiger partial charge is 0.573 e. The van der Waals surface area contributed by atoms with Crippen LogP contribution < -0.4 is 10.1 Å². The number of hydrogen-bond donors (Lipinski definition) is 1. The summed E-state index contributed by atoms with van der Waals surface area (Å²) in [7, 11) is 0. The summed E-state index contributed by atoms with van der Waals surface area (Å²) in [6, 6.07) is 9.93. The minimum absolute atomic E-state index is 0. The molecule has 2 aromatic carbocycles. The summed E-state index contributed by atoms with van der Waals surface area (Å²) in [5.41, 5.74) is 1.50. The first kappa shape index (κ1) is 25.0. The first-order chi connectivity index (χ1) is 12.3. The fourth-order valence-corrected chi connectivity index (χ4v) is 3.57. The van der Waals surface area contributed by atoms with Crippen LogP contribution in [0.15, 0.2) is 46.9 Å². The quantitative estimate of drug-likeness (QED) is 0.569. The first-order valence-electron chi connectivity index (χ1n) is 8.09. The van der Waals surface area contributed by atoms with Crippen LogP contribution in [0, 0.1) is 5.82 Å². The van der Waals surface area contributed by atoms with Gasteiger partial charge in [0, 0.05) is 30.7 Å². The fraction of sp³-hybridized carbons (Fsp3) is 0.333. The van der Waals surface area contributed by atoms with Gasteiger partial charge in [0.1, 0.15) is 11.6 Å². The highest BCUT2D eigenvalue weighted by Gasteiger charge is 2.31. The Bertz CT molecular complexity index is 756. The Morgan fingerprint density at radius 3 is 2.18 bits per heavy atom. The Morgan fingerprint density at radius 2 is 1.61 bits per heavy atom. The zero-order valence-corrected chi connectivity index (χ0v) is 17.7. The van der Waals surface area contributed by atoms with Gasteiger partial charge in [-0.25, -0.2) is 4.39 Å². The van der Waals surface area contributed by atoms with Crippen molar-refractivity contribution in [3.05, 3.63) is 63.9 Å². The van der Waals surface area contributed by atoms with Crippen molar-refractivity contribution in [3.8, 4) is 5.75 Å². The highest BCUT2D eigenvalue weighted by molar-refractivity contribution is 9.10. The second kappa shape index (κ2) is 10.6. The highest BCUT2D eigenvalue weighted by Crippen LogP contribution is 2.35. The van der Waals surface area contributed by atoms with Gasteiger partial charge < -0.3 is 10.1 Å². The molecular formula is C18H19BrCl2F4N2O. The van der Waals surface area contributed by atoms with E-state index < -0.39 is 6.36 Å². The van der Waals surface area contributed by atoms with Crippen LogP contribution in [0.5, 0.6) is 5.75 Å². The molecule has 0 amide bonds. The molecule has 1 aliphatic heterocycles. The van der Waals surface area contributed by atoms with E-state index in [1.165, 1.54) is 24.3 Å². The van der Waals surface area contributed by atoms with Crippen molar-refractivity contribution in [3.63, 3.8) is 0 Å². The molecule has 0 aliphatic carbocycles. The summed E-state index contributed by atoms with van der Waals surface area (Å²) in [6.07, 6.45) is -4.73. The van der Waals surface area contributed by atoms with E-state index in [0.29, 0.717) is 0 Å². The molecule has 1 atom stereocenters. The molecule has 1 fully saturated rings. The van der Waals surface area contributed by atoms with Crippen LogP contribution >= 0.6 is 40.7 Å². The first-order valence-corrected chi connectivity index (χ1v) is 8.88. The number of nitrogens with one attached hydrogen (secondary N) is 1. The highest BCUT2D eigenvalue weighted by atomic mass is 79.9. The lowest BCUT2D eigenvalue weighted by Crippen LogP contribution is -2.45. The molecule has 2 aromatic rings. The average molecular weight is 506 g/mol. The smallest absolute Gasteiger partial charge is 0.406 e. The van der Waals surface area contributed by atoms with Crippen molar-refractivity contribution in [1.29, 1.82) is 0 Å². The predicted molar refractivity (Wildman–Crippen MR) is 108 cm³/mol. The summed E-state index contributed by atoms with van der Waals surface area (Å²) in [5.74, 6) is -0.640. The van der Waals surface area contributed by atoms with Crippen molar-refractivity contribution < 1.29 is 22.3 Å². The van der Waals surface area contributed by atoms with Gasteiger partial charge in [-0.2, -0.15) is 0 Å². The third-order valence-corrected chi connectivity index (χ3v) is 4.92. The molecule has 10 heteroatoms. The summed E-state index contributed by atoms with van der Waals surface area (Å²) in [4.78, 5) is 2.18. The van der Waals surface area contributed by atoms with Crippen molar-refractivity contribution in [2.45, 2.75) is 12.4 Å². The molecule has 0 radical (unpaired) electrons. The molecule has 0 spiro atoms. The summed E-state index contributed by atoms with van der Waals surface area (Å²) in [6.45, 7) is 3.07. The standard InChI is InChI=1S/C18H17BrF4N2O.2ClH/c19-16-6-3-13(20)11-15(16)17(25-9-7-24-8-10-25)12-1-4-14(5-2-12)26-18(21,22)23;;/h1-6,11,17,24H,7-10H2;2*1H/t17-;;/m1../s1. The molecule has 0 unspecified atom stereocenters. The maximum atomic E-state index is 13.8. The number of alkyl halides is 3. The minimum Gasteiger partial charge on any atom is -0.406 e. The summed E-state index contributed by atoms with van der Waals surface area (Å²) < 4.78 is 55.6. The van der Waals surface area contributed by atoms with Crippen molar-refractivity contribution in [1.82, 2.24) is 10.2 Å². The molecule has 1 saturated heterocycles. The Balaban J connectivity index is 0.00000196. The number of rotatable bonds is 4. The number of benzene rings is 2. The minimum atomic E-state index is -4.73. The maximum Gasteiger partial charge on any atom is 0.573 e. The summed E-state index contributed by atoms with van der Waals surface area (Å²) >= 11 is 3.47. The van der Waals surface area contributed by atoms with E-state index in [-0.39, 0.29) is 42.4 Å². The molecule has 0 saturated carbocycles. The molecule has 1 heterocycles. The number of halogens is 7. The van der Waals surface area contributed by atoms with Gasteiger partial charge in [0.05, 0.1) is 6.04 Å². The van der Waals surface area contributed by atoms with Gasteiger partial charge in [0.15, 0.2) is 0 Å². The lowest BCUT2D eigenvalue weighted by atomic mass is 9.96. The van der Waals surface area contributed by atoms with E-state index in [0.717, 1.165) is 41.8 Å². The van der Waals surface area contributed by atoms with Crippen LogP contribution in [0.1, 0.15) is 17.2 Å². The van der Waals surface area contributed by atoms with Crippen LogP contribution in [0.25, 0.3) is 0 Å². The Kier molecular flexibility index (Phi) is 9.49. The SMILES string of the molecule is Cl.Cl.Fc1ccc(Br)c([C@@H](c2ccc(OC(F)(F)F)cc2)N2CCNCC2)c1. The Labute approximate surface area is 181 Å². The van der Waals surface area contributed by atoms with Crippen LogP contribution in [-0.4, -0.2) is 37.4 Å². The van der Waals surface area contributed by atoms with E-state index in [4.69, 9.17) is 0 Å². The van der Waals surface area contributed by atoms with Gasteiger partial charge in [-0.3, -0.25) is 4.90 Å². The predicted octanol–water partition coefficient (Wildman–Crippen LogP) is 5.33. The molecule has 28 heavy (non-hydrogen) atoms. The van der Waals surface area contributed by atoms with E-state index in [9.17, 15) is 17.6 Å². The average Bonchev–Trinajstić information content (AvgIpc) is 2.59. The van der Waals surface area contributed by atoms with Gasteiger partial charge in [-0.15, -0.1) is 38.0 Å². The third kappa shape index (κ3) is 6.49. The molecule has 3 nitrogen and oxygen atoms in total. The molecule has 3 rings (SSSR count). The Morgan fingerprint density at radius 1 is 1.00 bits per heavy atom. The number of ether oxygens (including phenoxy) is 1. The monoisotopic (exact) mass is 504 g/mol. The lowest BCUT2D eigenvalue weighted by Gasteiger charge is -2.36. The van der Waals surface area contributed by atoms with Gasteiger partial charge >= 0.3 is 6.36 Å². The van der Waals surface area contributed by atoms with Gasteiger partial charge in [0.25, 0.3) is 0 Å². The van der Waals surface area contributed by atoms with Crippen LogP contribution in [0.4, 0.5) is 17.6 Å².